The lowest BCUT2D eigenvalue weighted by Gasteiger charge is -2.46. The highest BCUT2D eigenvalue weighted by Crippen LogP contribution is 2.38. The van der Waals surface area contributed by atoms with Crippen LogP contribution in [0.2, 0.25) is 0 Å². The molecule has 2 fully saturated rings. The van der Waals surface area contributed by atoms with Gasteiger partial charge in [-0.25, -0.2) is 9.97 Å². The van der Waals surface area contributed by atoms with Gasteiger partial charge in [-0.15, -0.1) is 0 Å². The number of rotatable bonds is 5. The molecule has 1 N–H and O–H groups in total. The maximum Gasteiger partial charge on any atom is 0.231 e. The third kappa shape index (κ3) is 3.92. The number of hydrogen-bond acceptors (Lipinski definition) is 7. The predicted octanol–water partition coefficient (Wildman–Crippen LogP) is 2.72. The zero-order valence-electron chi connectivity index (χ0n) is 17.3. The Balaban J connectivity index is 1.15. The molecule has 0 radical (unpaired) electrons. The zero-order chi connectivity index (χ0) is 19.8. The van der Waals surface area contributed by atoms with Crippen molar-refractivity contribution in [1.82, 2.24) is 20.2 Å². The molecule has 5 rings (SSSR count). The number of nitrogens with zero attached hydrogens (tertiary/aromatic N) is 3. The summed E-state index contributed by atoms with van der Waals surface area (Å²) in [5.41, 5.74) is -0.195. The van der Waals surface area contributed by atoms with Crippen LogP contribution in [-0.2, 0) is 9.47 Å². The van der Waals surface area contributed by atoms with Crippen LogP contribution in [0, 0.1) is 0 Å². The van der Waals surface area contributed by atoms with Crippen molar-refractivity contribution in [2.45, 2.75) is 63.1 Å². The topological polar surface area (TPSA) is 68.7 Å². The molecule has 2 atom stereocenters. The molecule has 0 bridgehead atoms. The summed E-state index contributed by atoms with van der Waals surface area (Å²) in [6, 6.07) is 0.320. The molecule has 0 aromatic carbocycles. The van der Waals surface area contributed by atoms with Crippen LogP contribution in [0.4, 0.5) is 0 Å². The molecule has 1 saturated heterocycles. The molecule has 1 aromatic heterocycles. The second kappa shape index (κ2) is 7.52. The minimum Gasteiger partial charge on any atom is -0.487 e. The first kappa shape index (κ1) is 18.7. The number of piperidine rings is 1. The number of aromatic nitrogens is 2. The van der Waals surface area contributed by atoms with Crippen LogP contribution in [0.3, 0.4) is 0 Å². The van der Waals surface area contributed by atoms with E-state index in [1.165, 1.54) is 12.8 Å². The van der Waals surface area contributed by atoms with Crippen molar-refractivity contribution in [1.29, 1.82) is 0 Å². The molecule has 3 aliphatic heterocycles. The average Bonchev–Trinajstić information content (AvgIpc) is 3.60. The summed E-state index contributed by atoms with van der Waals surface area (Å²) in [7, 11) is 0. The molecule has 7 nitrogen and oxygen atoms in total. The van der Waals surface area contributed by atoms with E-state index in [4.69, 9.17) is 14.2 Å². The third-order valence-corrected chi connectivity index (χ3v) is 6.56. The van der Waals surface area contributed by atoms with E-state index in [-0.39, 0.29) is 11.6 Å². The molecule has 1 aromatic rings. The SMILES string of the molecule is CC(N1CCC(Oc2cnc(C3CC3)nc2)CC1)C1(C)C=CC2=C(N1)OCCO2. The van der Waals surface area contributed by atoms with Crippen molar-refractivity contribution >= 4 is 0 Å². The van der Waals surface area contributed by atoms with Crippen molar-refractivity contribution < 1.29 is 14.2 Å². The Kier molecular flexibility index (Phi) is 4.86. The minimum absolute atomic E-state index is 0.195. The molecule has 1 saturated carbocycles. The van der Waals surface area contributed by atoms with E-state index in [2.05, 4.69) is 40.1 Å². The van der Waals surface area contributed by atoms with E-state index in [1.807, 2.05) is 18.5 Å². The second-order valence-corrected chi connectivity index (χ2v) is 8.71. The van der Waals surface area contributed by atoms with Crippen molar-refractivity contribution in [3.8, 4) is 5.75 Å². The highest BCUT2D eigenvalue weighted by Gasteiger charge is 2.39. The van der Waals surface area contributed by atoms with Gasteiger partial charge in [-0.05, 0) is 45.6 Å². The molecule has 4 aliphatic rings. The Morgan fingerprint density at radius 1 is 1.14 bits per heavy atom. The summed E-state index contributed by atoms with van der Waals surface area (Å²) in [4.78, 5) is 11.5. The molecular formula is C22H30N4O3. The average molecular weight is 399 g/mol. The Labute approximate surface area is 172 Å². The van der Waals surface area contributed by atoms with Crippen LogP contribution in [-0.4, -0.2) is 58.9 Å². The van der Waals surface area contributed by atoms with Gasteiger partial charge in [-0.3, -0.25) is 4.90 Å². The van der Waals surface area contributed by atoms with Gasteiger partial charge in [0.2, 0.25) is 5.88 Å². The smallest absolute Gasteiger partial charge is 0.231 e. The molecular weight excluding hydrogens is 368 g/mol. The Morgan fingerprint density at radius 2 is 1.86 bits per heavy atom. The van der Waals surface area contributed by atoms with Gasteiger partial charge in [0, 0.05) is 25.0 Å². The van der Waals surface area contributed by atoms with E-state index in [0.717, 1.165) is 49.1 Å². The van der Waals surface area contributed by atoms with Crippen LogP contribution in [0.15, 0.2) is 36.2 Å². The first-order chi connectivity index (χ1) is 14.1. The van der Waals surface area contributed by atoms with Crippen LogP contribution in [0.5, 0.6) is 5.75 Å². The molecule has 156 valence electrons. The Hall–Kier alpha value is -2.28. The Morgan fingerprint density at radius 3 is 2.59 bits per heavy atom. The van der Waals surface area contributed by atoms with Gasteiger partial charge >= 0.3 is 0 Å². The highest BCUT2D eigenvalue weighted by molar-refractivity contribution is 5.29. The summed E-state index contributed by atoms with van der Waals surface area (Å²) in [5.74, 6) is 3.91. The number of dihydropyridines is 1. The number of allylic oxidation sites excluding steroid dienone is 1. The Bertz CT molecular complexity index is 797. The fourth-order valence-electron chi connectivity index (χ4n) is 4.32. The summed E-state index contributed by atoms with van der Waals surface area (Å²) in [6.45, 7) is 7.70. The summed E-state index contributed by atoms with van der Waals surface area (Å²) in [5, 5.41) is 3.56. The van der Waals surface area contributed by atoms with Gasteiger partial charge in [0.1, 0.15) is 25.1 Å². The highest BCUT2D eigenvalue weighted by atomic mass is 16.6. The normalized spacial score (nSPS) is 28.8. The van der Waals surface area contributed by atoms with Crippen molar-refractivity contribution in [3.63, 3.8) is 0 Å². The van der Waals surface area contributed by atoms with Gasteiger partial charge in [0.05, 0.1) is 17.9 Å². The van der Waals surface area contributed by atoms with E-state index in [1.54, 1.807) is 0 Å². The molecule has 29 heavy (non-hydrogen) atoms. The van der Waals surface area contributed by atoms with Gasteiger partial charge in [-0.1, -0.05) is 6.08 Å². The fourth-order valence-corrected chi connectivity index (χ4v) is 4.32. The maximum absolute atomic E-state index is 6.15. The van der Waals surface area contributed by atoms with E-state index < -0.39 is 0 Å². The molecule has 4 heterocycles. The quantitative estimate of drug-likeness (QED) is 0.818. The van der Waals surface area contributed by atoms with E-state index in [0.29, 0.717) is 25.2 Å². The van der Waals surface area contributed by atoms with Gasteiger partial charge < -0.3 is 19.5 Å². The van der Waals surface area contributed by atoms with Gasteiger partial charge in [-0.2, -0.15) is 0 Å². The van der Waals surface area contributed by atoms with Crippen molar-refractivity contribution in [3.05, 3.63) is 42.0 Å². The number of ether oxygens (including phenoxy) is 3. The number of nitrogens with one attached hydrogen (secondary N) is 1. The molecule has 0 spiro atoms. The van der Waals surface area contributed by atoms with Crippen LogP contribution in [0.25, 0.3) is 0 Å². The summed E-state index contributed by atoms with van der Waals surface area (Å²) in [6.07, 6.45) is 12.6. The lowest BCUT2D eigenvalue weighted by molar-refractivity contribution is 0.0271. The monoisotopic (exact) mass is 398 g/mol. The van der Waals surface area contributed by atoms with Crippen LogP contribution in [0.1, 0.15) is 51.3 Å². The lowest BCUT2D eigenvalue weighted by Crippen LogP contribution is -2.59. The minimum atomic E-state index is -0.195. The van der Waals surface area contributed by atoms with Gasteiger partial charge in [0.25, 0.3) is 0 Å². The molecule has 1 aliphatic carbocycles. The molecule has 7 heteroatoms. The lowest BCUT2D eigenvalue weighted by atomic mass is 9.88. The second-order valence-electron chi connectivity index (χ2n) is 8.71. The maximum atomic E-state index is 6.15. The van der Waals surface area contributed by atoms with Crippen LogP contribution >= 0.6 is 0 Å². The largest absolute Gasteiger partial charge is 0.487 e. The fraction of sp³-hybridized carbons (Fsp3) is 0.636. The predicted molar refractivity (Wildman–Crippen MR) is 108 cm³/mol. The number of likely N-dealkylation sites (tertiary alicyclic amines) is 1. The third-order valence-electron chi connectivity index (χ3n) is 6.56. The summed E-state index contributed by atoms with van der Waals surface area (Å²) < 4.78 is 17.6. The standard InChI is InChI=1S/C22H30N4O3/c1-15(22(2)8-5-19-21(25-22)28-12-11-27-19)26-9-6-17(7-10-26)29-18-13-23-20(24-14-18)16-3-4-16/h5,8,13-17,25H,3-4,6-7,9-12H2,1-2H3. The van der Waals surface area contributed by atoms with E-state index >= 15 is 0 Å². The van der Waals surface area contributed by atoms with Crippen LogP contribution < -0.4 is 10.1 Å². The molecule has 0 amide bonds. The summed E-state index contributed by atoms with van der Waals surface area (Å²) >= 11 is 0. The van der Waals surface area contributed by atoms with E-state index in [9.17, 15) is 0 Å². The van der Waals surface area contributed by atoms with Gasteiger partial charge in [0.15, 0.2) is 11.5 Å². The first-order valence-electron chi connectivity index (χ1n) is 10.8. The molecule has 2 unspecified atom stereocenters. The zero-order valence-corrected chi connectivity index (χ0v) is 17.3. The van der Waals surface area contributed by atoms with Crippen molar-refractivity contribution in [2.24, 2.45) is 0 Å². The first-order valence-corrected chi connectivity index (χ1v) is 10.8. The number of hydrogen-bond donors (Lipinski definition) is 1. The van der Waals surface area contributed by atoms with Crippen molar-refractivity contribution in [2.75, 3.05) is 26.3 Å².